The lowest BCUT2D eigenvalue weighted by Crippen LogP contribution is -2.51. The molecular formula is C18H24FN5O. The molecule has 1 saturated heterocycles. The average Bonchev–Trinajstić information content (AvgIpc) is 3.12. The number of nitrogens with zero attached hydrogens (tertiary/aromatic N) is 4. The average molecular weight is 345 g/mol. The van der Waals surface area contributed by atoms with E-state index in [4.69, 9.17) is 4.74 Å². The third-order valence-corrected chi connectivity index (χ3v) is 4.20. The van der Waals surface area contributed by atoms with Crippen molar-refractivity contribution < 1.29 is 9.13 Å². The number of aliphatic imine (C=N–C) groups is 1. The molecule has 1 aliphatic rings. The van der Waals surface area contributed by atoms with Gasteiger partial charge in [0.15, 0.2) is 5.96 Å². The maximum Gasteiger partial charge on any atom is 0.193 e. The van der Waals surface area contributed by atoms with Crippen molar-refractivity contribution in [3.05, 3.63) is 54.1 Å². The van der Waals surface area contributed by atoms with E-state index in [1.54, 1.807) is 25.4 Å². The van der Waals surface area contributed by atoms with Crippen LogP contribution in [-0.2, 0) is 11.3 Å². The monoisotopic (exact) mass is 345 g/mol. The topological polar surface area (TPSA) is 54.7 Å². The van der Waals surface area contributed by atoms with Gasteiger partial charge in [-0.1, -0.05) is 12.1 Å². The van der Waals surface area contributed by atoms with E-state index >= 15 is 0 Å². The second kappa shape index (κ2) is 8.11. The lowest BCUT2D eigenvalue weighted by Gasteiger charge is -2.38. The molecule has 2 atom stereocenters. The first-order chi connectivity index (χ1) is 12.2. The van der Waals surface area contributed by atoms with E-state index in [9.17, 15) is 4.39 Å². The first-order valence-electron chi connectivity index (χ1n) is 8.49. The van der Waals surface area contributed by atoms with Crippen molar-refractivity contribution in [3.8, 4) is 0 Å². The van der Waals surface area contributed by atoms with Gasteiger partial charge < -0.3 is 15.0 Å². The molecule has 1 aromatic carbocycles. The summed E-state index contributed by atoms with van der Waals surface area (Å²) in [4.78, 5) is 6.58. The van der Waals surface area contributed by atoms with E-state index in [1.165, 1.54) is 12.1 Å². The lowest BCUT2D eigenvalue weighted by atomic mass is 10.1. The minimum atomic E-state index is -0.236. The second-order valence-corrected chi connectivity index (χ2v) is 6.14. The highest BCUT2D eigenvalue weighted by Crippen LogP contribution is 2.25. The molecule has 0 spiro atoms. The van der Waals surface area contributed by atoms with Crippen molar-refractivity contribution in [1.82, 2.24) is 20.0 Å². The molecule has 25 heavy (non-hydrogen) atoms. The van der Waals surface area contributed by atoms with Crippen molar-refractivity contribution >= 4 is 5.96 Å². The summed E-state index contributed by atoms with van der Waals surface area (Å²) in [6, 6.07) is 8.42. The maximum atomic E-state index is 13.2. The second-order valence-electron chi connectivity index (χ2n) is 6.14. The van der Waals surface area contributed by atoms with Crippen LogP contribution in [0.1, 0.15) is 18.6 Å². The molecule has 1 aromatic heterocycles. The molecule has 0 amide bonds. The van der Waals surface area contributed by atoms with E-state index in [1.807, 2.05) is 23.9 Å². The molecule has 2 aromatic rings. The molecule has 2 unspecified atom stereocenters. The molecular weight excluding hydrogens is 321 g/mol. The van der Waals surface area contributed by atoms with Gasteiger partial charge in [0.25, 0.3) is 0 Å². The van der Waals surface area contributed by atoms with Crippen molar-refractivity contribution in [3.63, 3.8) is 0 Å². The van der Waals surface area contributed by atoms with Gasteiger partial charge in [0, 0.05) is 32.5 Å². The van der Waals surface area contributed by atoms with Crippen LogP contribution in [0.3, 0.4) is 0 Å². The Morgan fingerprint density at radius 3 is 2.84 bits per heavy atom. The fourth-order valence-corrected chi connectivity index (χ4v) is 3.03. The van der Waals surface area contributed by atoms with Crippen molar-refractivity contribution in [2.75, 3.05) is 26.7 Å². The standard InChI is InChI=1S/C18H24FN5O/c1-14-12-23(13-17(25-14)15-4-6-16(19)7-5-15)18(20-2)21-9-11-24-10-3-8-22-24/h3-8,10,14,17H,9,11-13H2,1-2H3,(H,20,21). The molecule has 0 aliphatic carbocycles. The van der Waals surface area contributed by atoms with Crippen LogP contribution in [0.2, 0.25) is 0 Å². The predicted molar refractivity (Wildman–Crippen MR) is 94.8 cm³/mol. The summed E-state index contributed by atoms with van der Waals surface area (Å²) in [6.07, 6.45) is 3.67. The number of halogens is 1. The molecule has 1 aliphatic heterocycles. The highest BCUT2D eigenvalue weighted by Gasteiger charge is 2.28. The van der Waals surface area contributed by atoms with Gasteiger partial charge in [0.05, 0.1) is 19.2 Å². The Labute approximate surface area is 147 Å². The highest BCUT2D eigenvalue weighted by molar-refractivity contribution is 5.80. The molecule has 0 bridgehead atoms. The molecule has 1 fully saturated rings. The number of guanidine groups is 1. The van der Waals surface area contributed by atoms with Gasteiger partial charge in [-0.2, -0.15) is 5.10 Å². The molecule has 134 valence electrons. The quantitative estimate of drug-likeness (QED) is 0.681. The van der Waals surface area contributed by atoms with Crippen molar-refractivity contribution in [1.29, 1.82) is 0 Å². The number of hydrogen-bond donors (Lipinski definition) is 1. The summed E-state index contributed by atoms with van der Waals surface area (Å²) in [5.74, 6) is 0.606. The SMILES string of the molecule is CN=C(NCCn1cccn1)N1CC(C)OC(c2ccc(F)cc2)C1. The van der Waals surface area contributed by atoms with Gasteiger partial charge in [0.1, 0.15) is 11.9 Å². The van der Waals surface area contributed by atoms with Crippen LogP contribution in [0.15, 0.2) is 47.7 Å². The number of rotatable bonds is 4. The molecule has 6 nitrogen and oxygen atoms in total. The molecule has 0 radical (unpaired) electrons. The van der Waals surface area contributed by atoms with Crippen molar-refractivity contribution in [2.24, 2.45) is 4.99 Å². The van der Waals surface area contributed by atoms with Crippen LogP contribution in [0.4, 0.5) is 4.39 Å². The first-order valence-corrected chi connectivity index (χ1v) is 8.49. The maximum absolute atomic E-state index is 13.2. The normalized spacial score (nSPS) is 21.4. The number of ether oxygens (including phenoxy) is 1. The third-order valence-electron chi connectivity index (χ3n) is 4.20. The number of hydrogen-bond acceptors (Lipinski definition) is 3. The summed E-state index contributed by atoms with van der Waals surface area (Å²) < 4.78 is 21.1. The number of nitrogens with one attached hydrogen (secondary N) is 1. The zero-order valence-corrected chi connectivity index (χ0v) is 14.6. The van der Waals surface area contributed by atoms with Gasteiger partial charge in [-0.25, -0.2) is 4.39 Å². The summed E-state index contributed by atoms with van der Waals surface area (Å²) in [5.41, 5.74) is 0.977. The van der Waals surface area contributed by atoms with Crippen LogP contribution < -0.4 is 5.32 Å². The fraction of sp³-hybridized carbons (Fsp3) is 0.444. The van der Waals surface area contributed by atoms with Crippen LogP contribution in [0.25, 0.3) is 0 Å². The molecule has 2 heterocycles. The third kappa shape index (κ3) is 4.57. The largest absolute Gasteiger partial charge is 0.367 e. The van der Waals surface area contributed by atoms with E-state index in [0.717, 1.165) is 31.2 Å². The Balaban J connectivity index is 1.61. The molecule has 1 N–H and O–H groups in total. The van der Waals surface area contributed by atoms with Crippen molar-refractivity contribution in [2.45, 2.75) is 25.7 Å². The summed E-state index contributed by atoms with van der Waals surface area (Å²) in [7, 11) is 1.78. The van der Waals surface area contributed by atoms with Gasteiger partial charge in [0.2, 0.25) is 0 Å². The van der Waals surface area contributed by atoms with Crippen LogP contribution >= 0.6 is 0 Å². The Morgan fingerprint density at radius 1 is 1.36 bits per heavy atom. The predicted octanol–water partition coefficient (Wildman–Crippen LogP) is 2.06. The summed E-state index contributed by atoms with van der Waals surface area (Å²) in [6.45, 7) is 4.99. The first kappa shape index (κ1) is 17.4. The zero-order valence-electron chi connectivity index (χ0n) is 14.6. The van der Waals surface area contributed by atoms with Crippen LogP contribution in [0.5, 0.6) is 0 Å². The van der Waals surface area contributed by atoms with E-state index in [0.29, 0.717) is 6.54 Å². The lowest BCUT2D eigenvalue weighted by molar-refractivity contribution is -0.0605. The van der Waals surface area contributed by atoms with E-state index < -0.39 is 0 Å². The minimum absolute atomic E-state index is 0.0634. The van der Waals surface area contributed by atoms with Gasteiger partial charge >= 0.3 is 0 Å². The molecule has 7 heteroatoms. The fourth-order valence-electron chi connectivity index (χ4n) is 3.03. The number of aromatic nitrogens is 2. The van der Waals surface area contributed by atoms with Gasteiger partial charge in [-0.3, -0.25) is 9.67 Å². The minimum Gasteiger partial charge on any atom is -0.367 e. The molecule has 3 rings (SSSR count). The Morgan fingerprint density at radius 2 is 2.16 bits per heavy atom. The van der Waals surface area contributed by atoms with E-state index in [2.05, 4.69) is 20.3 Å². The summed E-state index contributed by atoms with van der Waals surface area (Å²) >= 11 is 0. The van der Waals surface area contributed by atoms with E-state index in [-0.39, 0.29) is 18.0 Å². The number of morpholine rings is 1. The summed E-state index contributed by atoms with van der Waals surface area (Å²) in [5, 5.41) is 7.57. The highest BCUT2D eigenvalue weighted by atomic mass is 19.1. The van der Waals surface area contributed by atoms with Gasteiger partial charge in [-0.05, 0) is 30.7 Å². The Hall–Kier alpha value is -2.41. The Kier molecular flexibility index (Phi) is 5.65. The smallest absolute Gasteiger partial charge is 0.193 e. The Bertz CT molecular complexity index is 686. The van der Waals surface area contributed by atoms with Crippen LogP contribution in [0, 0.1) is 5.82 Å². The number of benzene rings is 1. The zero-order chi connectivity index (χ0) is 17.6. The van der Waals surface area contributed by atoms with Crippen LogP contribution in [-0.4, -0.2) is 53.4 Å². The van der Waals surface area contributed by atoms with Gasteiger partial charge in [-0.15, -0.1) is 0 Å². The molecule has 0 saturated carbocycles.